The van der Waals surface area contributed by atoms with Gasteiger partial charge in [-0.2, -0.15) is 0 Å². The third-order valence-corrected chi connectivity index (χ3v) is 2.52. The molecule has 0 aromatic heterocycles. The Balaban J connectivity index is 2.80. The van der Waals surface area contributed by atoms with Crippen molar-refractivity contribution in [2.24, 2.45) is 0 Å². The molecule has 0 fully saturated rings. The second-order valence-electron chi connectivity index (χ2n) is 4.03. The van der Waals surface area contributed by atoms with Crippen LogP contribution in [0.4, 0.5) is 10.1 Å². The smallest absolute Gasteiger partial charge is 0.311 e. The largest absolute Gasteiger partial charge is 0.477 e. The van der Waals surface area contributed by atoms with Crippen molar-refractivity contribution in [1.82, 2.24) is 4.90 Å². The lowest BCUT2D eigenvalue weighted by Crippen LogP contribution is -2.35. The molecule has 0 heterocycles. The van der Waals surface area contributed by atoms with Crippen LogP contribution in [0.15, 0.2) is 43.5 Å². The first kappa shape index (κ1) is 16.4. The van der Waals surface area contributed by atoms with Gasteiger partial charge in [0, 0.05) is 25.2 Å². The number of nitro groups is 1. The molecule has 0 saturated carbocycles. The molecule has 1 rings (SSSR count). The summed E-state index contributed by atoms with van der Waals surface area (Å²) in [7, 11) is 0. The number of benzene rings is 1. The lowest BCUT2D eigenvalue weighted by atomic mass is 10.3. The molecular formula is C14H15FN2O4. The van der Waals surface area contributed by atoms with Crippen LogP contribution in [-0.2, 0) is 4.79 Å². The number of nitro benzene ring substituents is 1. The lowest BCUT2D eigenvalue weighted by molar-refractivity contribution is -0.385. The number of carbonyl (C=O) groups is 1. The maximum atomic E-state index is 13.1. The van der Waals surface area contributed by atoms with E-state index in [9.17, 15) is 19.3 Å². The van der Waals surface area contributed by atoms with Crippen molar-refractivity contribution in [2.75, 3.05) is 19.7 Å². The van der Waals surface area contributed by atoms with Crippen LogP contribution in [0, 0.1) is 15.9 Å². The lowest BCUT2D eigenvalue weighted by Gasteiger charge is -2.19. The summed E-state index contributed by atoms with van der Waals surface area (Å²) in [5, 5.41) is 10.8. The highest BCUT2D eigenvalue weighted by Crippen LogP contribution is 2.27. The topological polar surface area (TPSA) is 72.7 Å². The van der Waals surface area contributed by atoms with E-state index in [1.165, 1.54) is 17.1 Å². The molecule has 6 nitrogen and oxygen atoms in total. The maximum absolute atomic E-state index is 13.1. The first-order valence-corrected chi connectivity index (χ1v) is 6.06. The van der Waals surface area contributed by atoms with E-state index in [4.69, 9.17) is 4.74 Å². The summed E-state index contributed by atoms with van der Waals surface area (Å²) in [6.45, 7) is 7.19. The Labute approximate surface area is 121 Å². The normalized spacial score (nSPS) is 9.76. The summed E-state index contributed by atoms with van der Waals surface area (Å²) in [4.78, 5) is 23.4. The predicted molar refractivity (Wildman–Crippen MR) is 75.5 cm³/mol. The number of nitrogens with zero attached hydrogens (tertiary/aromatic N) is 2. The highest BCUT2D eigenvalue weighted by Gasteiger charge is 2.18. The molecule has 7 heteroatoms. The van der Waals surface area contributed by atoms with E-state index in [0.717, 1.165) is 18.2 Å². The predicted octanol–water partition coefficient (Wildman–Crippen LogP) is 2.31. The van der Waals surface area contributed by atoms with Gasteiger partial charge in [0.1, 0.15) is 5.82 Å². The molecule has 0 saturated heterocycles. The number of ether oxygens (including phenoxy) is 1. The maximum Gasteiger partial charge on any atom is 0.311 e. The molecule has 21 heavy (non-hydrogen) atoms. The minimum absolute atomic E-state index is 0.287. The Hall–Kier alpha value is -2.70. The molecule has 0 spiro atoms. The molecule has 0 aliphatic carbocycles. The molecule has 1 aromatic rings. The molecule has 112 valence electrons. The second-order valence-corrected chi connectivity index (χ2v) is 4.03. The van der Waals surface area contributed by atoms with Crippen molar-refractivity contribution in [2.45, 2.75) is 0 Å². The molecule has 0 atom stereocenters. The van der Waals surface area contributed by atoms with Crippen molar-refractivity contribution in [3.8, 4) is 5.75 Å². The van der Waals surface area contributed by atoms with E-state index in [2.05, 4.69) is 13.2 Å². The van der Waals surface area contributed by atoms with Gasteiger partial charge in [0.25, 0.3) is 5.91 Å². The monoisotopic (exact) mass is 294 g/mol. The third-order valence-electron chi connectivity index (χ3n) is 2.52. The van der Waals surface area contributed by atoms with Crippen molar-refractivity contribution in [3.05, 3.63) is 59.4 Å². The fraction of sp³-hybridized carbons (Fsp3) is 0.214. The summed E-state index contributed by atoms with van der Waals surface area (Å²) in [5.74, 6) is -1.38. The van der Waals surface area contributed by atoms with Crippen LogP contribution in [0.1, 0.15) is 0 Å². The van der Waals surface area contributed by atoms with E-state index in [1.807, 2.05) is 0 Å². The number of halogens is 1. The Kier molecular flexibility index (Phi) is 6.06. The van der Waals surface area contributed by atoms with Gasteiger partial charge in [0.05, 0.1) is 4.92 Å². The number of hydrogen-bond acceptors (Lipinski definition) is 4. The molecule has 0 aliphatic rings. The standard InChI is InChI=1S/C14H15FN2O4/c1-3-7-16(8-4-2)14(18)10-21-13-9-11(15)5-6-12(13)17(19)20/h3-6,9H,1-2,7-8,10H2. The minimum Gasteiger partial charge on any atom is -0.477 e. The number of amides is 1. The van der Waals surface area contributed by atoms with E-state index in [-0.39, 0.29) is 5.75 Å². The Morgan fingerprint density at radius 3 is 2.52 bits per heavy atom. The number of rotatable bonds is 8. The van der Waals surface area contributed by atoms with Crippen LogP contribution in [0.5, 0.6) is 5.75 Å². The Bertz CT molecular complexity index is 550. The first-order chi connectivity index (χ1) is 9.99. The van der Waals surface area contributed by atoms with Gasteiger partial charge in [-0.1, -0.05) is 12.2 Å². The van der Waals surface area contributed by atoms with Gasteiger partial charge in [-0.15, -0.1) is 13.2 Å². The molecule has 1 amide bonds. The van der Waals surface area contributed by atoms with Crippen LogP contribution in [0.25, 0.3) is 0 Å². The van der Waals surface area contributed by atoms with Gasteiger partial charge in [-0.05, 0) is 6.07 Å². The highest BCUT2D eigenvalue weighted by molar-refractivity contribution is 5.78. The first-order valence-electron chi connectivity index (χ1n) is 6.06. The van der Waals surface area contributed by atoms with E-state index < -0.39 is 28.9 Å². The summed E-state index contributed by atoms with van der Waals surface area (Å²) >= 11 is 0. The number of hydrogen-bond donors (Lipinski definition) is 0. The van der Waals surface area contributed by atoms with Crippen molar-refractivity contribution >= 4 is 11.6 Å². The number of carbonyl (C=O) groups excluding carboxylic acids is 1. The van der Waals surface area contributed by atoms with Gasteiger partial charge in [-0.25, -0.2) is 4.39 Å². The summed E-state index contributed by atoms with van der Waals surface area (Å²) < 4.78 is 18.2. The van der Waals surface area contributed by atoms with Crippen LogP contribution < -0.4 is 4.74 Å². The van der Waals surface area contributed by atoms with Gasteiger partial charge in [0.15, 0.2) is 6.61 Å². The van der Waals surface area contributed by atoms with Crippen LogP contribution in [0.3, 0.4) is 0 Å². The van der Waals surface area contributed by atoms with E-state index >= 15 is 0 Å². The zero-order valence-electron chi connectivity index (χ0n) is 11.3. The van der Waals surface area contributed by atoms with Gasteiger partial charge < -0.3 is 9.64 Å². The molecule has 0 N–H and O–H groups in total. The quantitative estimate of drug-likeness (QED) is 0.419. The molecule has 1 aromatic carbocycles. The zero-order valence-corrected chi connectivity index (χ0v) is 11.3. The molecule has 0 unspecified atom stereocenters. The van der Waals surface area contributed by atoms with Crippen LogP contribution in [0.2, 0.25) is 0 Å². The zero-order chi connectivity index (χ0) is 15.8. The van der Waals surface area contributed by atoms with E-state index in [0.29, 0.717) is 13.1 Å². The SMILES string of the molecule is C=CCN(CC=C)C(=O)COc1cc(F)ccc1[N+](=O)[O-]. The minimum atomic E-state index is -0.704. The fourth-order valence-corrected chi connectivity index (χ4v) is 1.58. The van der Waals surface area contributed by atoms with Crippen LogP contribution >= 0.6 is 0 Å². The van der Waals surface area contributed by atoms with E-state index in [1.54, 1.807) is 0 Å². The van der Waals surface area contributed by atoms with Gasteiger partial charge >= 0.3 is 5.69 Å². The highest BCUT2D eigenvalue weighted by atomic mass is 19.1. The molecule has 0 aliphatic heterocycles. The van der Waals surface area contributed by atoms with Crippen LogP contribution in [-0.4, -0.2) is 35.4 Å². The van der Waals surface area contributed by atoms with Crippen molar-refractivity contribution in [3.63, 3.8) is 0 Å². The Morgan fingerprint density at radius 1 is 1.38 bits per heavy atom. The fourth-order valence-electron chi connectivity index (χ4n) is 1.58. The average molecular weight is 294 g/mol. The van der Waals surface area contributed by atoms with Crippen molar-refractivity contribution in [1.29, 1.82) is 0 Å². The van der Waals surface area contributed by atoms with Crippen molar-refractivity contribution < 1.29 is 18.8 Å². The Morgan fingerprint density at radius 2 is 2.00 bits per heavy atom. The summed E-state index contributed by atoms with van der Waals surface area (Å²) in [5.41, 5.74) is -0.400. The molecule has 0 radical (unpaired) electrons. The average Bonchev–Trinajstić information content (AvgIpc) is 2.44. The van der Waals surface area contributed by atoms with Gasteiger partial charge in [0.2, 0.25) is 5.75 Å². The third kappa shape index (κ3) is 4.72. The molecule has 0 bridgehead atoms. The van der Waals surface area contributed by atoms with Gasteiger partial charge in [-0.3, -0.25) is 14.9 Å². The second kappa shape index (κ2) is 7.78. The summed E-state index contributed by atoms with van der Waals surface area (Å²) in [6, 6.07) is 2.81. The molecular weight excluding hydrogens is 279 g/mol. The summed E-state index contributed by atoms with van der Waals surface area (Å²) in [6.07, 6.45) is 3.07.